The molecule has 0 saturated carbocycles. The Balaban J connectivity index is 2.21. The van der Waals surface area contributed by atoms with Crippen LogP contribution in [-0.4, -0.2) is 37.2 Å². The summed E-state index contributed by atoms with van der Waals surface area (Å²) >= 11 is 0. The average molecular weight is 200 g/mol. The monoisotopic (exact) mass is 200 g/mol. The summed E-state index contributed by atoms with van der Waals surface area (Å²) in [6, 6.07) is 0.230. The molecule has 4 nitrogen and oxygen atoms in total. The van der Waals surface area contributed by atoms with Crippen LogP contribution in [0.1, 0.15) is 27.2 Å². The standard InChI is InChI=1S/C10H20N2O2/c1-4-7(2)12-10(13)8(3)14-9-5-11-6-9/h7-9,11H,4-6H2,1-3H3,(H,12,13). The number of ether oxygens (including phenoxy) is 1. The van der Waals surface area contributed by atoms with Crippen LogP contribution in [0.15, 0.2) is 0 Å². The molecule has 0 aromatic heterocycles. The second kappa shape index (κ2) is 5.32. The van der Waals surface area contributed by atoms with E-state index in [0.29, 0.717) is 0 Å². The molecular formula is C10H20N2O2. The van der Waals surface area contributed by atoms with E-state index in [1.165, 1.54) is 0 Å². The van der Waals surface area contributed by atoms with Gasteiger partial charge in [-0.1, -0.05) is 6.92 Å². The molecule has 1 rings (SSSR count). The molecule has 1 aliphatic heterocycles. The van der Waals surface area contributed by atoms with E-state index in [-0.39, 0.29) is 24.2 Å². The van der Waals surface area contributed by atoms with Crippen molar-refractivity contribution in [2.45, 2.75) is 45.4 Å². The second-order valence-electron chi connectivity index (χ2n) is 3.88. The molecular weight excluding hydrogens is 180 g/mol. The number of amides is 1. The van der Waals surface area contributed by atoms with Crippen LogP contribution < -0.4 is 10.6 Å². The van der Waals surface area contributed by atoms with Crippen molar-refractivity contribution in [1.82, 2.24) is 10.6 Å². The smallest absolute Gasteiger partial charge is 0.249 e. The molecule has 1 amide bonds. The van der Waals surface area contributed by atoms with Crippen molar-refractivity contribution in [2.75, 3.05) is 13.1 Å². The Morgan fingerprint density at radius 3 is 2.64 bits per heavy atom. The van der Waals surface area contributed by atoms with Gasteiger partial charge in [0.2, 0.25) is 5.91 Å². The highest BCUT2D eigenvalue weighted by molar-refractivity contribution is 5.80. The third-order valence-electron chi connectivity index (χ3n) is 2.51. The predicted molar refractivity (Wildman–Crippen MR) is 55.1 cm³/mol. The highest BCUT2D eigenvalue weighted by Crippen LogP contribution is 2.03. The van der Waals surface area contributed by atoms with Crippen molar-refractivity contribution in [3.8, 4) is 0 Å². The lowest BCUT2D eigenvalue weighted by molar-refractivity contribution is -0.137. The van der Waals surface area contributed by atoms with Crippen molar-refractivity contribution in [1.29, 1.82) is 0 Å². The Bertz CT molecular complexity index is 193. The van der Waals surface area contributed by atoms with Gasteiger partial charge >= 0.3 is 0 Å². The number of rotatable bonds is 5. The SMILES string of the molecule is CCC(C)NC(=O)C(C)OC1CNC1. The third kappa shape index (κ3) is 3.27. The van der Waals surface area contributed by atoms with Crippen molar-refractivity contribution in [2.24, 2.45) is 0 Å². The summed E-state index contributed by atoms with van der Waals surface area (Å²) in [7, 11) is 0. The maximum absolute atomic E-state index is 11.5. The first kappa shape index (κ1) is 11.5. The van der Waals surface area contributed by atoms with Gasteiger partial charge in [0.05, 0.1) is 6.10 Å². The molecule has 0 aromatic carbocycles. The van der Waals surface area contributed by atoms with Crippen LogP contribution in [0.4, 0.5) is 0 Å². The van der Waals surface area contributed by atoms with Crippen LogP contribution in [0.2, 0.25) is 0 Å². The van der Waals surface area contributed by atoms with Crippen LogP contribution in [0.3, 0.4) is 0 Å². The molecule has 0 bridgehead atoms. The molecule has 0 radical (unpaired) electrons. The zero-order chi connectivity index (χ0) is 10.6. The van der Waals surface area contributed by atoms with E-state index in [1.807, 2.05) is 13.8 Å². The third-order valence-corrected chi connectivity index (χ3v) is 2.51. The molecule has 2 unspecified atom stereocenters. The highest BCUT2D eigenvalue weighted by Gasteiger charge is 2.23. The maximum atomic E-state index is 11.5. The Labute approximate surface area is 85.4 Å². The molecule has 14 heavy (non-hydrogen) atoms. The molecule has 1 saturated heterocycles. The fourth-order valence-electron chi connectivity index (χ4n) is 1.17. The van der Waals surface area contributed by atoms with E-state index in [9.17, 15) is 4.79 Å². The van der Waals surface area contributed by atoms with Crippen LogP contribution in [0, 0.1) is 0 Å². The van der Waals surface area contributed by atoms with E-state index >= 15 is 0 Å². The number of nitrogens with one attached hydrogen (secondary N) is 2. The summed E-state index contributed by atoms with van der Waals surface area (Å²) in [5, 5.41) is 6.00. The molecule has 1 fully saturated rings. The Hall–Kier alpha value is -0.610. The lowest BCUT2D eigenvalue weighted by Crippen LogP contribution is -2.52. The van der Waals surface area contributed by atoms with Crippen LogP contribution in [-0.2, 0) is 9.53 Å². The van der Waals surface area contributed by atoms with E-state index in [2.05, 4.69) is 10.6 Å². The molecule has 0 aliphatic carbocycles. The lowest BCUT2D eigenvalue weighted by atomic mass is 10.2. The van der Waals surface area contributed by atoms with Gasteiger partial charge in [0, 0.05) is 19.1 Å². The first-order chi connectivity index (χ1) is 6.63. The summed E-state index contributed by atoms with van der Waals surface area (Å²) in [6.07, 6.45) is 0.826. The van der Waals surface area contributed by atoms with Gasteiger partial charge in [0.1, 0.15) is 6.10 Å². The van der Waals surface area contributed by atoms with Crippen LogP contribution in [0.5, 0.6) is 0 Å². The lowest BCUT2D eigenvalue weighted by Gasteiger charge is -2.30. The fraction of sp³-hybridized carbons (Fsp3) is 0.900. The fourth-order valence-corrected chi connectivity index (χ4v) is 1.17. The first-order valence-corrected chi connectivity index (χ1v) is 5.30. The largest absolute Gasteiger partial charge is 0.363 e. The number of hydrogen-bond acceptors (Lipinski definition) is 3. The Kier molecular flexibility index (Phi) is 4.35. The normalized spacial score (nSPS) is 21.1. The van der Waals surface area contributed by atoms with Gasteiger partial charge in [0.25, 0.3) is 0 Å². The molecule has 1 heterocycles. The zero-order valence-corrected chi connectivity index (χ0v) is 9.17. The van der Waals surface area contributed by atoms with E-state index in [0.717, 1.165) is 19.5 Å². The van der Waals surface area contributed by atoms with Gasteiger partial charge in [-0.2, -0.15) is 0 Å². The summed E-state index contributed by atoms with van der Waals surface area (Å²) in [5.41, 5.74) is 0. The molecule has 2 N–H and O–H groups in total. The predicted octanol–water partition coefficient (Wildman–Crippen LogP) is 0.278. The summed E-state index contributed by atoms with van der Waals surface area (Å²) in [6.45, 7) is 7.57. The number of carbonyl (C=O) groups is 1. The van der Waals surface area contributed by atoms with Gasteiger partial charge < -0.3 is 15.4 Å². The Morgan fingerprint density at radius 1 is 1.57 bits per heavy atom. The maximum Gasteiger partial charge on any atom is 0.249 e. The second-order valence-corrected chi connectivity index (χ2v) is 3.88. The van der Waals surface area contributed by atoms with Crippen molar-refractivity contribution in [3.05, 3.63) is 0 Å². The number of hydrogen-bond donors (Lipinski definition) is 2. The molecule has 2 atom stereocenters. The van der Waals surface area contributed by atoms with E-state index in [4.69, 9.17) is 4.74 Å². The van der Waals surface area contributed by atoms with Crippen LogP contribution in [0.25, 0.3) is 0 Å². The minimum absolute atomic E-state index is 0.00810. The van der Waals surface area contributed by atoms with Gasteiger partial charge in [-0.3, -0.25) is 4.79 Å². The summed E-state index contributed by atoms with van der Waals surface area (Å²) < 4.78 is 5.52. The van der Waals surface area contributed by atoms with Gasteiger partial charge in [0.15, 0.2) is 0 Å². The molecule has 1 aliphatic rings. The minimum atomic E-state index is -0.337. The van der Waals surface area contributed by atoms with E-state index in [1.54, 1.807) is 6.92 Å². The zero-order valence-electron chi connectivity index (χ0n) is 9.17. The average Bonchev–Trinajstić information content (AvgIpc) is 2.10. The van der Waals surface area contributed by atoms with Crippen LogP contribution >= 0.6 is 0 Å². The van der Waals surface area contributed by atoms with Crippen molar-refractivity contribution >= 4 is 5.91 Å². The topological polar surface area (TPSA) is 50.4 Å². The van der Waals surface area contributed by atoms with Gasteiger partial charge in [-0.05, 0) is 20.3 Å². The van der Waals surface area contributed by atoms with Gasteiger partial charge in [-0.25, -0.2) is 0 Å². The molecule has 4 heteroatoms. The molecule has 0 aromatic rings. The first-order valence-electron chi connectivity index (χ1n) is 5.30. The minimum Gasteiger partial charge on any atom is -0.363 e. The van der Waals surface area contributed by atoms with Gasteiger partial charge in [-0.15, -0.1) is 0 Å². The quantitative estimate of drug-likeness (QED) is 0.670. The van der Waals surface area contributed by atoms with E-state index < -0.39 is 0 Å². The summed E-state index contributed by atoms with van der Waals surface area (Å²) in [5.74, 6) is -0.00810. The van der Waals surface area contributed by atoms with Crippen molar-refractivity contribution < 1.29 is 9.53 Å². The van der Waals surface area contributed by atoms with Crippen molar-refractivity contribution in [3.63, 3.8) is 0 Å². The highest BCUT2D eigenvalue weighted by atomic mass is 16.5. The number of carbonyl (C=O) groups excluding carboxylic acids is 1. The Morgan fingerprint density at radius 2 is 2.21 bits per heavy atom. The molecule has 82 valence electrons. The molecule has 0 spiro atoms. The summed E-state index contributed by atoms with van der Waals surface area (Å²) in [4.78, 5) is 11.5.